The molecule has 0 saturated heterocycles. The number of hydrogen-bond donors (Lipinski definition) is 0. The fourth-order valence-electron chi connectivity index (χ4n) is 2.29. The summed E-state index contributed by atoms with van der Waals surface area (Å²) in [5.41, 5.74) is 3.12. The third-order valence-electron chi connectivity index (χ3n) is 3.49. The van der Waals surface area contributed by atoms with Crippen molar-refractivity contribution in [2.75, 3.05) is 0 Å². The van der Waals surface area contributed by atoms with Gasteiger partial charge >= 0.3 is 148 Å². The molecule has 0 nitrogen and oxygen atoms in total. The molecule has 0 aromatic heterocycles. The largest absolute Gasteiger partial charge is 1.00 e. The predicted octanol–water partition coefficient (Wildman–Crippen LogP) is 0.195. The minimum absolute atomic E-state index is 0. The van der Waals surface area contributed by atoms with E-state index in [0.717, 1.165) is 5.92 Å². The molecule has 2 aromatic carbocycles. The van der Waals surface area contributed by atoms with Gasteiger partial charge in [-0.15, -0.1) is 0 Å². The van der Waals surface area contributed by atoms with Crippen LogP contribution in [0.4, 0.5) is 12.9 Å². The molecule has 0 bridgehead atoms. The maximum Gasteiger partial charge on any atom is 0.762 e. The van der Waals surface area contributed by atoms with Gasteiger partial charge in [-0.3, -0.25) is 12.9 Å². The molecule has 2 aromatic rings. The summed E-state index contributed by atoms with van der Waals surface area (Å²) in [6.45, 7) is 11.4. The summed E-state index contributed by atoms with van der Waals surface area (Å²) in [4.78, 5) is 0. The third-order valence-corrected chi connectivity index (χ3v) is 6.17. The Hall–Kier alpha value is -1.05. The van der Waals surface area contributed by atoms with Crippen LogP contribution in [-0.2, 0) is 11.8 Å². The first-order valence-corrected chi connectivity index (χ1v) is 10.5. The molecule has 0 amide bonds. The quantitative estimate of drug-likeness (QED) is 0.334. The zero-order valence-corrected chi connectivity index (χ0v) is 18.0. The summed E-state index contributed by atoms with van der Waals surface area (Å²) in [5.74, 6) is 0.732. The van der Waals surface area contributed by atoms with Crippen LogP contribution >= 0.6 is 0 Å². The Kier molecular flexibility index (Phi) is 11.2. The number of halogens is 5. The van der Waals surface area contributed by atoms with Gasteiger partial charge in [0.15, 0.2) is 0 Å². The van der Waals surface area contributed by atoms with E-state index in [-0.39, 0.29) is 31.3 Å². The Morgan fingerprint density at radius 3 is 1.58 bits per heavy atom. The van der Waals surface area contributed by atoms with Crippen LogP contribution in [0.25, 0.3) is 0 Å². The first-order chi connectivity index (χ1) is 11.6. The first-order valence-electron chi connectivity index (χ1n) is 8.34. The van der Waals surface area contributed by atoms with E-state index in [1.54, 1.807) is 0 Å². The summed E-state index contributed by atoms with van der Waals surface area (Å²) >= 11 is -0.0546. The van der Waals surface area contributed by atoms with Crippen molar-refractivity contribution in [3.05, 3.63) is 66.8 Å². The summed E-state index contributed by atoms with van der Waals surface area (Å²) < 4.78 is 32.0. The second-order valence-corrected chi connectivity index (χ2v) is 10.4. The van der Waals surface area contributed by atoms with Gasteiger partial charge in [0.25, 0.3) is 0 Å². The maximum atomic E-state index is 9.67. The number of rotatable bonds is 4. The van der Waals surface area contributed by atoms with Gasteiger partial charge in [0.05, 0.1) is 0 Å². The molecular formula is C20H26BF4I-2. The van der Waals surface area contributed by atoms with Crippen molar-refractivity contribution in [2.45, 2.75) is 46.5 Å². The van der Waals surface area contributed by atoms with E-state index in [2.05, 4.69) is 83.1 Å². The summed E-state index contributed by atoms with van der Waals surface area (Å²) in [6.07, 6.45) is 1.18. The average Bonchev–Trinajstić information content (AvgIpc) is 2.48. The fourth-order valence-corrected chi connectivity index (χ4v) is 4.45. The molecular weight excluding hydrogens is 454 g/mol. The van der Waals surface area contributed by atoms with Gasteiger partial charge in [0.1, 0.15) is 0 Å². The molecule has 0 saturated carbocycles. The molecule has 6 heteroatoms. The normalized spacial score (nSPS) is 10.8. The van der Waals surface area contributed by atoms with Crippen molar-refractivity contribution in [2.24, 2.45) is 5.92 Å². The maximum absolute atomic E-state index is 9.67. The molecule has 0 radical (unpaired) electrons. The topological polar surface area (TPSA) is 0 Å². The second-order valence-electron chi connectivity index (χ2n) is 7.32. The van der Waals surface area contributed by atoms with E-state index in [4.69, 9.17) is 0 Å². The Labute approximate surface area is 165 Å². The Morgan fingerprint density at radius 1 is 0.846 bits per heavy atom. The number of hydrogen-bond acceptors (Lipinski definition) is 0. The van der Waals surface area contributed by atoms with Gasteiger partial charge in [-0.25, -0.2) is 0 Å². The molecule has 0 spiro atoms. The summed E-state index contributed by atoms with van der Waals surface area (Å²) in [7, 11) is -3.67. The van der Waals surface area contributed by atoms with Crippen molar-refractivity contribution in [3.8, 4) is 0 Å². The molecule has 0 aliphatic rings. The van der Waals surface area contributed by atoms with Crippen LogP contribution in [0.15, 0.2) is 48.5 Å². The van der Waals surface area contributed by atoms with E-state index in [0.29, 0.717) is 0 Å². The molecule has 2 rings (SSSR count). The Morgan fingerprint density at radius 2 is 1.23 bits per heavy atom. The minimum Gasteiger partial charge on any atom is -1.00 e. The SMILES string of the molecule is CC(C)Cc1ccc([I-]c2ccc(C(C)(C)C)cc2)cc1.FB(F)F.[F-]. The first kappa shape index (κ1) is 25.0. The number of benzene rings is 2. The molecule has 0 aliphatic heterocycles. The predicted molar refractivity (Wildman–Crippen MR) is 96.6 cm³/mol. The van der Waals surface area contributed by atoms with Crippen molar-refractivity contribution in [3.63, 3.8) is 0 Å². The van der Waals surface area contributed by atoms with Gasteiger partial charge in [-0.1, -0.05) is 0 Å². The smallest absolute Gasteiger partial charge is 0.762 e. The molecule has 146 valence electrons. The molecule has 0 heterocycles. The molecule has 0 N–H and O–H groups in total. The van der Waals surface area contributed by atoms with Crippen LogP contribution in [0.5, 0.6) is 0 Å². The van der Waals surface area contributed by atoms with Crippen LogP contribution in [0.3, 0.4) is 0 Å². The average molecular weight is 480 g/mol. The van der Waals surface area contributed by atoms with Gasteiger partial charge in [-0.05, 0) is 0 Å². The Balaban J connectivity index is 0.00000113. The van der Waals surface area contributed by atoms with Crippen molar-refractivity contribution < 1.29 is 38.9 Å². The molecule has 0 fully saturated rings. The van der Waals surface area contributed by atoms with Gasteiger partial charge in [0, 0.05) is 0 Å². The van der Waals surface area contributed by atoms with Gasteiger partial charge in [0.2, 0.25) is 0 Å². The minimum atomic E-state index is -3.67. The molecule has 0 unspecified atom stereocenters. The van der Waals surface area contributed by atoms with E-state index < -0.39 is 7.54 Å². The zero-order valence-electron chi connectivity index (χ0n) is 15.9. The van der Waals surface area contributed by atoms with Crippen LogP contribution < -0.4 is 25.9 Å². The standard InChI is InChI=1S/C20H26I.BF3.FH/c1-15(2)14-16-6-10-18(11-7-16)21-19-12-8-17(9-13-19)20(3,4)5;2-1(3)4;/h6-13,15H,14H2,1-5H3;;1H/q-1;;/p-1. The molecule has 26 heavy (non-hydrogen) atoms. The van der Waals surface area contributed by atoms with Crippen LogP contribution in [-0.4, -0.2) is 7.54 Å². The van der Waals surface area contributed by atoms with Crippen molar-refractivity contribution in [1.82, 2.24) is 0 Å². The van der Waals surface area contributed by atoms with Crippen molar-refractivity contribution >= 4 is 7.54 Å². The summed E-state index contributed by atoms with van der Waals surface area (Å²) in [5, 5.41) is 0. The second kappa shape index (κ2) is 11.6. The third kappa shape index (κ3) is 10.2. The van der Waals surface area contributed by atoms with E-state index in [1.807, 2.05) is 0 Å². The van der Waals surface area contributed by atoms with Crippen LogP contribution in [0.1, 0.15) is 45.7 Å². The Bertz CT molecular complexity index is 617. The summed E-state index contributed by atoms with van der Waals surface area (Å²) in [6, 6.07) is 18.5. The van der Waals surface area contributed by atoms with E-state index in [1.165, 1.54) is 24.7 Å². The van der Waals surface area contributed by atoms with E-state index in [9.17, 15) is 12.9 Å². The van der Waals surface area contributed by atoms with Crippen LogP contribution in [0.2, 0.25) is 0 Å². The molecule has 0 atom stereocenters. The fraction of sp³-hybridized carbons (Fsp3) is 0.400. The zero-order chi connectivity index (χ0) is 19.0. The monoisotopic (exact) mass is 480 g/mol. The molecule has 0 aliphatic carbocycles. The van der Waals surface area contributed by atoms with Crippen LogP contribution in [0, 0.1) is 13.1 Å². The van der Waals surface area contributed by atoms with Gasteiger partial charge < -0.3 is 4.70 Å². The van der Waals surface area contributed by atoms with Crippen molar-refractivity contribution in [1.29, 1.82) is 0 Å². The van der Waals surface area contributed by atoms with E-state index >= 15 is 0 Å². The van der Waals surface area contributed by atoms with Gasteiger partial charge in [-0.2, -0.15) is 0 Å².